The molecule has 4 unspecified atom stereocenters. The summed E-state index contributed by atoms with van der Waals surface area (Å²) in [5, 5.41) is 0. The fourth-order valence-corrected chi connectivity index (χ4v) is 3.10. The SMILES string of the molecule is C=CC(C)CC(C)OC(C)OC(=O)c1cc(C(=O)OC(C)OC(C)C)cc(C(C)C)c1. The van der Waals surface area contributed by atoms with Crippen molar-refractivity contribution in [2.24, 2.45) is 5.92 Å². The van der Waals surface area contributed by atoms with Gasteiger partial charge >= 0.3 is 11.9 Å². The molecular formula is C25H38O6. The summed E-state index contributed by atoms with van der Waals surface area (Å²) in [6.07, 6.45) is 1.05. The Morgan fingerprint density at radius 3 is 1.74 bits per heavy atom. The lowest BCUT2D eigenvalue weighted by Gasteiger charge is -2.21. The summed E-state index contributed by atoms with van der Waals surface area (Å²) in [7, 11) is 0. The number of allylic oxidation sites excluding steroid dienone is 1. The molecule has 0 spiro atoms. The maximum Gasteiger partial charge on any atom is 0.340 e. The maximum absolute atomic E-state index is 12.7. The van der Waals surface area contributed by atoms with E-state index in [-0.39, 0.29) is 29.3 Å². The molecule has 0 aliphatic carbocycles. The largest absolute Gasteiger partial charge is 0.432 e. The zero-order chi connectivity index (χ0) is 23.7. The van der Waals surface area contributed by atoms with Crippen molar-refractivity contribution < 1.29 is 28.5 Å². The van der Waals surface area contributed by atoms with E-state index in [0.29, 0.717) is 5.92 Å². The second kappa shape index (κ2) is 12.6. The van der Waals surface area contributed by atoms with Gasteiger partial charge < -0.3 is 18.9 Å². The van der Waals surface area contributed by atoms with Crippen LogP contribution in [0.5, 0.6) is 0 Å². The van der Waals surface area contributed by atoms with Crippen LogP contribution in [0, 0.1) is 5.92 Å². The van der Waals surface area contributed by atoms with Crippen LogP contribution in [0.1, 0.15) is 94.0 Å². The average molecular weight is 435 g/mol. The van der Waals surface area contributed by atoms with Gasteiger partial charge in [-0.3, -0.25) is 0 Å². The molecule has 0 fully saturated rings. The number of hydrogen-bond donors (Lipinski definition) is 0. The number of carbonyl (C=O) groups is 2. The van der Waals surface area contributed by atoms with E-state index in [4.69, 9.17) is 18.9 Å². The third-order valence-electron chi connectivity index (χ3n) is 4.63. The van der Waals surface area contributed by atoms with Crippen molar-refractivity contribution in [3.8, 4) is 0 Å². The number of esters is 2. The van der Waals surface area contributed by atoms with Crippen molar-refractivity contribution in [3.63, 3.8) is 0 Å². The van der Waals surface area contributed by atoms with Gasteiger partial charge in [0.25, 0.3) is 0 Å². The van der Waals surface area contributed by atoms with Crippen molar-refractivity contribution >= 4 is 11.9 Å². The summed E-state index contributed by atoms with van der Waals surface area (Å²) >= 11 is 0. The minimum absolute atomic E-state index is 0.0753. The number of rotatable bonds is 12. The van der Waals surface area contributed by atoms with E-state index >= 15 is 0 Å². The van der Waals surface area contributed by atoms with Gasteiger partial charge in [-0.25, -0.2) is 9.59 Å². The second-order valence-electron chi connectivity index (χ2n) is 8.52. The molecule has 0 amide bonds. The summed E-state index contributed by atoms with van der Waals surface area (Å²) in [5.74, 6) is -0.700. The molecule has 0 saturated carbocycles. The highest BCUT2D eigenvalue weighted by Gasteiger charge is 2.21. The molecule has 0 aliphatic rings. The Morgan fingerprint density at radius 1 is 0.839 bits per heavy atom. The molecule has 31 heavy (non-hydrogen) atoms. The first-order chi connectivity index (χ1) is 14.4. The molecule has 0 radical (unpaired) electrons. The van der Waals surface area contributed by atoms with Crippen LogP contribution in [0.25, 0.3) is 0 Å². The Morgan fingerprint density at radius 2 is 1.32 bits per heavy atom. The summed E-state index contributed by atoms with van der Waals surface area (Å²) in [5.41, 5.74) is 1.39. The Bertz CT molecular complexity index is 740. The Hall–Kier alpha value is -2.18. The van der Waals surface area contributed by atoms with Crippen LogP contribution < -0.4 is 0 Å². The number of benzene rings is 1. The van der Waals surface area contributed by atoms with Gasteiger partial charge in [-0.2, -0.15) is 0 Å². The topological polar surface area (TPSA) is 71.1 Å². The Kier molecular flexibility index (Phi) is 10.9. The molecule has 0 saturated heterocycles. The molecule has 0 aliphatic heterocycles. The predicted molar refractivity (Wildman–Crippen MR) is 121 cm³/mol. The minimum Gasteiger partial charge on any atom is -0.432 e. The van der Waals surface area contributed by atoms with E-state index in [2.05, 4.69) is 13.5 Å². The summed E-state index contributed by atoms with van der Waals surface area (Å²) < 4.78 is 22.0. The van der Waals surface area contributed by atoms with E-state index in [1.807, 2.05) is 40.7 Å². The van der Waals surface area contributed by atoms with E-state index in [1.54, 1.807) is 26.0 Å². The zero-order valence-electron chi connectivity index (χ0n) is 20.1. The van der Waals surface area contributed by atoms with Crippen LogP contribution in [0.4, 0.5) is 0 Å². The van der Waals surface area contributed by atoms with Crippen LogP contribution >= 0.6 is 0 Å². The van der Waals surface area contributed by atoms with Gasteiger partial charge in [0.05, 0.1) is 23.3 Å². The standard InChI is InChI=1S/C25H38O6/c1-10-17(6)11-18(7)29-20(9)31-25(27)23-13-21(15(2)3)12-22(14-23)24(26)30-19(8)28-16(4)5/h10,12-20H,1,11H2,2-9H3. The molecule has 0 aromatic heterocycles. The lowest BCUT2D eigenvalue weighted by Crippen LogP contribution is -2.24. The predicted octanol–water partition coefficient (Wildman–Crippen LogP) is 5.86. The van der Waals surface area contributed by atoms with Crippen LogP contribution in [0.15, 0.2) is 30.9 Å². The molecule has 0 N–H and O–H groups in total. The first-order valence-corrected chi connectivity index (χ1v) is 10.9. The van der Waals surface area contributed by atoms with Crippen molar-refractivity contribution in [2.75, 3.05) is 0 Å². The van der Waals surface area contributed by atoms with Crippen LogP contribution in [0.2, 0.25) is 0 Å². The monoisotopic (exact) mass is 434 g/mol. The van der Waals surface area contributed by atoms with E-state index in [1.165, 1.54) is 6.07 Å². The molecule has 1 rings (SSSR count). The first-order valence-electron chi connectivity index (χ1n) is 10.9. The molecule has 174 valence electrons. The third kappa shape index (κ3) is 9.66. The van der Waals surface area contributed by atoms with Crippen molar-refractivity contribution in [3.05, 3.63) is 47.5 Å². The Labute approximate surface area is 186 Å². The summed E-state index contributed by atoms with van der Waals surface area (Å²) in [6.45, 7) is 18.8. The molecule has 6 heteroatoms. The fourth-order valence-electron chi connectivity index (χ4n) is 3.10. The van der Waals surface area contributed by atoms with Gasteiger partial charge in [-0.15, -0.1) is 6.58 Å². The average Bonchev–Trinajstić information content (AvgIpc) is 2.66. The van der Waals surface area contributed by atoms with E-state index in [0.717, 1.165) is 12.0 Å². The second-order valence-corrected chi connectivity index (χ2v) is 8.52. The van der Waals surface area contributed by atoms with Gasteiger partial charge in [0.2, 0.25) is 12.6 Å². The number of hydrogen-bond acceptors (Lipinski definition) is 6. The zero-order valence-corrected chi connectivity index (χ0v) is 20.1. The lowest BCUT2D eigenvalue weighted by atomic mass is 9.97. The van der Waals surface area contributed by atoms with Crippen LogP contribution in [-0.4, -0.2) is 36.7 Å². The normalized spacial score (nSPS) is 15.3. The van der Waals surface area contributed by atoms with Gasteiger partial charge in [-0.05, 0) is 76.6 Å². The van der Waals surface area contributed by atoms with Gasteiger partial charge in [0.1, 0.15) is 0 Å². The highest BCUT2D eigenvalue weighted by Crippen LogP contribution is 2.21. The molecule has 4 atom stereocenters. The summed E-state index contributed by atoms with van der Waals surface area (Å²) in [4.78, 5) is 25.3. The molecular weight excluding hydrogens is 396 g/mol. The highest BCUT2D eigenvalue weighted by molar-refractivity contribution is 5.95. The maximum atomic E-state index is 12.7. The number of ether oxygens (including phenoxy) is 4. The lowest BCUT2D eigenvalue weighted by molar-refractivity contribution is -0.128. The van der Waals surface area contributed by atoms with Crippen LogP contribution in [-0.2, 0) is 18.9 Å². The molecule has 1 aromatic rings. The highest BCUT2D eigenvalue weighted by atomic mass is 16.7. The molecule has 0 bridgehead atoms. The molecule has 1 aromatic carbocycles. The van der Waals surface area contributed by atoms with Crippen molar-refractivity contribution in [1.82, 2.24) is 0 Å². The van der Waals surface area contributed by atoms with Crippen LogP contribution in [0.3, 0.4) is 0 Å². The minimum atomic E-state index is -0.725. The molecule has 0 heterocycles. The summed E-state index contributed by atoms with van der Waals surface area (Å²) in [6, 6.07) is 4.94. The van der Waals surface area contributed by atoms with Gasteiger partial charge in [0.15, 0.2) is 0 Å². The number of carbonyl (C=O) groups excluding carboxylic acids is 2. The van der Waals surface area contributed by atoms with E-state index in [9.17, 15) is 9.59 Å². The van der Waals surface area contributed by atoms with E-state index < -0.39 is 24.5 Å². The molecule has 6 nitrogen and oxygen atoms in total. The van der Waals surface area contributed by atoms with Crippen molar-refractivity contribution in [2.45, 2.75) is 92.5 Å². The smallest absolute Gasteiger partial charge is 0.340 e. The van der Waals surface area contributed by atoms with Gasteiger partial charge in [0, 0.05) is 0 Å². The first kappa shape index (κ1) is 26.9. The quantitative estimate of drug-likeness (QED) is 0.233. The Balaban J connectivity index is 2.93. The third-order valence-corrected chi connectivity index (χ3v) is 4.63. The van der Waals surface area contributed by atoms with Gasteiger partial charge in [-0.1, -0.05) is 26.8 Å². The van der Waals surface area contributed by atoms with Crippen molar-refractivity contribution in [1.29, 1.82) is 0 Å². The fraction of sp³-hybridized carbons (Fsp3) is 0.600.